The largest absolute Gasteiger partial charge is 0.369 e. The minimum absolute atomic E-state index is 0.366. The highest BCUT2D eigenvalue weighted by molar-refractivity contribution is 5.71. The fourth-order valence-electron chi connectivity index (χ4n) is 3.57. The summed E-state index contributed by atoms with van der Waals surface area (Å²) in [5.74, 6) is -0.437. The summed E-state index contributed by atoms with van der Waals surface area (Å²) < 4.78 is 12.8. The molecule has 1 spiro atoms. The van der Waals surface area contributed by atoms with Gasteiger partial charge in [0.2, 0.25) is 5.95 Å². The Balaban J connectivity index is 1.29. The molecule has 6 heteroatoms. The quantitative estimate of drug-likeness (QED) is 0.636. The van der Waals surface area contributed by atoms with Crippen LogP contribution in [0.5, 0.6) is 0 Å². The molecule has 2 saturated heterocycles. The number of nitrogens with zero attached hydrogens (tertiary/aromatic N) is 4. The summed E-state index contributed by atoms with van der Waals surface area (Å²) in [4.78, 5) is 23.0. The molecule has 23 heavy (non-hydrogen) atoms. The lowest BCUT2D eigenvalue weighted by atomic mass is 9.72. The molecule has 2 aromatic heterocycles. The Morgan fingerprint density at radius 3 is 2.52 bits per heavy atom. The number of carbonyl (C=O) groups is 1. The fourth-order valence-corrected chi connectivity index (χ4v) is 3.57. The molecule has 0 amide bonds. The Bertz CT molecular complexity index is 702. The highest BCUT2D eigenvalue weighted by Gasteiger charge is 2.51. The van der Waals surface area contributed by atoms with E-state index in [0.29, 0.717) is 11.1 Å². The minimum atomic E-state index is -0.437. The van der Waals surface area contributed by atoms with Crippen LogP contribution in [0.15, 0.2) is 36.7 Å². The van der Waals surface area contributed by atoms with Gasteiger partial charge in [0, 0.05) is 44.3 Å². The van der Waals surface area contributed by atoms with Gasteiger partial charge in [0.1, 0.15) is 5.69 Å². The molecule has 0 aromatic carbocycles. The fraction of sp³-hybridized carbons (Fsp3) is 0.353. The maximum atomic E-state index is 12.8. The van der Waals surface area contributed by atoms with Crippen LogP contribution in [-0.2, 0) is 6.54 Å². The monoisotopic (exact) mass is 312 g/mol. The van der Waals surface area contributed by atoms with Crippen molar-refractivity contribution in [1.82, 2.24) is 14.9 Å². The van der Waals surface area contributed by atoms with Crippen molar-refractivity contribution in [3.63, 3.8) is 0 Å². The van der Waals surface area contributed by atoms with E-state index in [0.717, 1.165) is 50.3 Å². The Hall–Kier alpha value is -2.34. The van der Waals surface area contributed by atoms with E-state index in [1.54, 1.807) is 24.5 Å². The van der Waals surface area contributed by atoms with Gasteiger partial charge in [-0.05, 0) is 23.8 Å². The SMILES string of the molecule is O=Cc1ccc(CN2CC3(C2)CN(c2ccc(F)nc2)C3)cn1. The second-order valence-electron chi connectivity index (χ2n) is 6.55. The van der Waals surface area contributed by atoms with Gasteiger partial charge < -0.3 is 4.90 Å². The van der Waals surface area contributed by atoms with Crippen LogP contribution < -0.4 is 4.90 Å². The number of halogens is 1. The summed E-state index contributed by atoms with van der Waals surface area (Å²) in [6.07, 6.45) is 4.13. The third-order valence-corrected chi connectivity index (χ3v) is 4.62. The van der Waals surface area contributed by atoms with Crippen LogP contribution in [0.3, 0.4) is 0 Å². The molecule has 0 unspecified atom stereocenters. The van der Waals surface area contributed by atoms with Crippen LogP contribution in [0.2, 0.25) is 0 Å². The topological polar surface area (TPSA) is 49.3 Å². The molecule has 2 fully saturated rings. The number of pyridine rings is 2. The van der Waals surface area contributed by atoms with E-state index in [9.17, 15) is 9.18 Å². The van der Waals surface area contributed by atoms with Crippen molar-refractivity contribution in [3.05, 3.63) is 53.9 Å². The molecule has 0 N–H and O–H groups in total. The molecule has 2 aliphatic rings. The number of anilines is 1. The molecule has 0 atom stereocenters. The molecule has 5 nitrogen and oxygen atoms in total. The smallest absolute Gasteiger partial charge is 0.212 e. The van der Waals surface area contributed by atoms with Crippen LogP contribution in [0.1, 0.15) is 16.1 Å². The Morgan fingerprint density at radius 2 is 1.91 bits per heavy atom. The Labute approximate surface area is 133 Å². The van der Waals surface area contributed by atoms with E-state index in [2.05, 4.69) is 19.8 Å². The zero-order valence-electron chi connectivity index (χ0n) is 12.7. The third kappa shape index (κ3) is 2.70. The molecule has 0 aliphatic carbocycles. The van der Waals surface area contributed by atoms with Gasteiger partial charge >= 0.3 is 0 Å². The van der Waals surface area contributed by atoms with E-state index >= 15 is 0 Å². The molecule has 4 rings (SSSR count). The molecule has 0 radical (unpaired) electrons. The van der Waals surface area contributed by atoms with Crippen LogP contribution in [-0.4, -0.2) is 47.3 Å². The molecule has 118 valence electrons. The van der Waals surface area contributed by atoms with Crippen molar-refractivity contribution < 1.29 is 9.18 Å². The van der Waals surface area contributed by atoms with Gasteiger partial charge in [-0.2, -0.15) is 4.39 Å². The third-order valence-electron chi connectivity index (χ3n) is 4.62. The summed E-state index contributed by atoms with van der Waals surface area (Å²) in [6.45, 7) is 4.99. The van der Waals surface area contributed by atoms with Gasteiger partial charge in [0.15, 0.2) is 6.29 Å². The van der Waals surface area contributed by atoms with E-state index in [1.807, 2.05) is 6.07 Å². The van der Waals surface area contributed by atoms with Crippen molar-refractivity contribution in [2.45, 2.75) is 6.54 Å². The van der Waals surface area contributed by atoms with Crippen molar-refractivity contribution in [3.8, 4) is 0 Å². The maximum Gasteiger partial charge on any atom is 0.212 e. The van der Waals surface area contributed by atoms with Crippen molar-refractivity contribution in [2.24, 2.45) is 5.41 Å². The van der Waals surface area contributed by atoms with E-state index in [1.165, 1.54) is 6.07 Å². The van der Waals surface area contributed by atoms with Crippen LogP contribution in [0.25, 0.3) is 0 Å². The van der Waals surface area contributed by atoms with Crippen molar-refractivity contribution >= 4 is 12.0 Å². The first-order valence-corrected chi connectivity index (χ1v) is 7.65. The second kappa shape index (κ2) is 5.38. The molecule has 2 aliphatic heterocycles. The number of likely N-dealkylation sites (tertiary alicyclic amines) is 1. The normalized spacial score (nSPS) is 19.3. The summed E-state index contributed by atoms with van der Waals surface area (Å²) in [6, 6.07) is 6.90. The molecule has 0 bridgehead atoms. The predicted octanol–water partition coefficient (Wildman–Crippen LogP) is 1.75. The molecule has 0 saturated carbocycles. The number of rotatable bonds is 4. The standard InChI is InChI=1S/C17H17FN4O/c18-16-4-3-15(6-20-16)22-11-17(12-22)9-21(10-17)7-13-1-2-14(8-23)19-5-13/h1-6,8H,7,9-12H2. The van der Waals surface area contributed by atoms with Gasteiger partial charge in [0.25, 0.3) is 0 Å². The Kier molecular flexibility index (Phi) is 3.34. The van der Waals surface area contributed by atoms with Gasteiger partial charge in [-0.3, -0.25) is 14.7 Å². The maximum absolute atomic E-state index is 12.8. The minimum Gasteiger partial charge on any atom is -0.369 e. The lowest BCUT2D eigenvalue weighted by molar-refractivity contribution is -0.0274. The van der Waals surface area contributed by atoms with E-state index < -0.39 is 5.95 Å². The van der Waals surface area contributed by atoms with Gasteiger partial charge in [-0.15, -0.1) is 0 Å². The van der Waals surface area contributed by atoms with E-state index in [-0.39, 0.29) is 0 Å². The summed E-state index contributed by atoms with van der Waals surface area (Å²) >= 11 is 0. The average Bonchev–Trinajstić information content (AvgIpc) is 2.50. The van der Waals surface area contributed by atoms with Crippen LogP contribution in [0.4, 0.5) is 10.1 Å². The second-order valence-corrected chi connectivity index (χ2v) is 6.55. The number of hydrogen-bond acceptors (Lipinski definition) is 5. The summed E-state index contributed by atoms with van der Waals surface area (Å²) in [7, 11) is 0. The summed E-state index contributed by atoms with van der Waals surface area (Å²) in [5.41, 5.74) is 2.95. The highest BCUT2D eigenvalue weighted by atomic mass is 19.1. The number of aromatic nitrogens is 2. The van der Waals surface area contributed by atoms with E-state index in [4.69, 9.17) is 0 Å². The first-order valence-electron chi connectivity index (χ1n) is 7.65. The van der Waals surface area contributed by atoms with Gasteiger partial charge in [-0.25, -0.2) is 4.98 Å². The molecule has 2 aromatic rings. The lowest BCUT2D eigenvalue weighted by Gasteiger charge is -2.61. The van der Waals surface area contributed by atoms with Gasteiger partial charge in [0.05, 0.1) is 11.9 Å². The highest BCUT2D eigenvalue weighted by Crippen LogP contribution is 2.42. The number of aldehydes is 1. The van der Waals surface area contributed by atoms with Crippen molar-refractivity contribution in [2.75, 3.05) is 31.1 Å². The predicted molar refractivity (Wildman–Crippen MR) is 83.7 cm³/mol. The van der Waals surface area contributed by atoms with Crippen LogP contribution >= 0.6 is 0 Å². The van der Waals surface area contributed by atoms with Gasteiger partial charge in [-0.1, -0.05) is 6.07 Å². The first kappa shape index (κ1) is 14.3. The number of hydrogen-bond donors (Lipinski definition) is 0. The first-order chi connectivity index (χ1) is 11.2. The van der Waals surface area contributed by atoms with Crippen molar-refractivity contribution in [1.29, 1.82) is 0 Å². The molecule has 4 heterocycles. The average molecular weight is 312 g/mol. The number of carbonyl (C=O) groups excluding carboxylic acids is 1. The zero-order chi connectivity index (χ0) is 15.9. The lowest BCUT2D eigenvalue weighted by Crippen LogP contribution is -2.71. The Morgan fingerprint density at radius 1 is 1.09 bits per heavy atom. The molecular formula is C17H17FN4O. The molecular weight excluding hydrogens is 295 g/mol. The zero-order valence-corrected chi connectivity index (χ0v) is 12.7. The summed E-state index contributed by atoms with van der Waals surface area (Å²) in [5, 5.41) is 0. The van der Waals surface area contributed by atoms with Crippen LogP contribution in [0, 0.1) is 11.4 Å².